The number of Topliss-reactive ketones (excluding diaryl/α,β-unsaturated/α-hetero) is 1. The first-order valence-corrected chi connectivity index (χ1v) is 17.8. The second-order valence-electron chi connectivity index (χ2n) is 13.8. The fraction of sp³-hybridized carbons (Fsp3) is 0.390. The molecule has 2 heterocycles. The quantitative estimate of drug-likeness (QED) is 0.112. The molecule has 52 heavy (non-hydrogen) atoms. The fourth-order valence-corrected chi connectivity index (χ4v) is 7.99. The fourth-order valence-electron chi connectivity index (χ4n) is 7.99. The number of aliphatic hydroxyl groups excluding tert-OH is 2. The molecule has 2 aliphatic rings. The zero-order valence-corrected chi connectivity index (χ0v) is 29.5. The molecule has 6 N–H and O–H groups in total. The number of aromatic hydroxyl groups is 4. The maximum absolute atomic E-state index is 15.3. The summed E-state index contributed by atoms with van der Waals surface area (Å²) in [6, 6.07) is 21.2. The molecule has 0 amide bonds. The zero-order valence-electron chi connectivity index (χ0n) is 29.5. The number of hydrogen-bond donors (Lipinski definition) is 6. The highest BCUT2D eigenvalue weighted by Gasteiger charge is 2.45. The van der Waals surface area contributed by atoms with Crippen LogP contribution in [-0.4, -0.2) is 98.7 Å². The van der Waals surface area contributed by atoms with E-state index in [-0.39, 0.29) is 40.6 Å². The van der Waals surface area contributed by atoms with E-state index < -0.39 is 24.3 Å². The van der Waals surface area contributed by atoms with Crippen molar-refractivity contribution in [3.05, 3.63) is 107 Å². The summed E-state index contributed by atoms with van der Waals surface area (Å²) >= 11 is 0. The van der Waals surface area contributed by atoms with Gasteiger partial charge in [-0.25, -0.2) is 0 Å². The molecule has 4 atom stereocenters. The molecule has 2 unspecified atom stereocenters. The standard InChI is InChI=1S/C41H48N2O9/c1-51-31-7-3-5-27(21-31)39(48)37(42-17-13-25(14-18-42)33-11-9-29(44)23-35(33)46)41(50)38(40(49)28-6-4-8-32(22-28)52-2)43-19-15-26(16-20-43)34-12-10-30(45)24-36(34)47/h3-12,21-26,37-40,44-49H,13-20H2,1-2H3/t37?,38?,39-,40-/m0/s1. The van der Waals surface area contributed by atoms with Gasteiger partial charge in [0.15, 0.2) is 5.78 Å². The van der Waals surface area contributed by atoms with E-state index in [4.69, 9.17) is 9.47 Å². The van der Waals surface area contributed by atoms with Crippen LogP contribution in [-0.2, 0) is 4.79 Å². The Morgan fingerprint density at radius 2 is 0.981 bits per heavy atom. The topological polar surface area (TPSA) is 163 Å². The van der Waals surface area contributed by atoms with Crippen molar-refractivity contribution in [2.24, 2.45) is 0 Å². The van der Waals surface area contributed by atoms with Gasteiger partial charge in [-0.05, 0) is 122 Å². The number of piperidine rings is 2. The smallest absolute Gasteiger partial charge is 0.173 e. The molecule has 0 radical (unpaired) electrons. The van der Waals surface area contributed by atoms with Gasteiger partial charge in [0, 0.05) is 12.1 Å². The SMILES string of the molecule is COc1cccc([C@H](O)C(C(=O)C([C@@H](O)c2cccc(OC)c2)N2CCC(c3ccc(O)cc3O)CC2)N2CCC(c3ccc(O)cc3O)CC2)c1. The molecule has 4 aromatic carbocycles. The van der Waals surface area contributed by atoms with E-state index in [0.717, 1.165) is 11.1 Å². The van der Waals surface area contributed by atoms with Crippen LogP contribution < -0.4 is 9.47 Å². The summed E-state index contributed by atoms with van der Waals surface area (Å²) in [5.41, 5.74) is 2.46. The predicted molar refractivity (Wildman–Crippen MR) is 195 cm³/mol. The van der Waals surface area contributed by atoms with Gasteiger partial charge in [-0.15, -0.1) is 0 Å². The van der Waals surface area contributed by atoms with Crippen LogP contribution in [0.15, 0.2) is 84.9 Å². The van der Waals surface area contributed by atoms with E-state index in [2.05, 4.69) is 0 Å². The Kier molecular flexibility index (Phi) is 11.6. The van der Waals surface area contributed by atoms with Crippen LogP contribution in [0.1, 0.15) is 72.0 Å². The molecule has 6 rings (SSSR count). The highest BCUT2D eigenvalue weighted by Crippen LogP contribution is 2.41. The lowest BCUT2D eigenvalue weighted by molar-refractivity contribution is -0.140. The Balaban J connectivity index is 1.34. The van der Waals surface area contributed by atoms with E-state index in [1.165, 1.54) is 12.1 Å². The van der Waals surface area contributed by atoms with Gasteiger partial charge in [-0.2, -0.15) is 0 Å². The lowest BCUT2D eigenvalue weighted by Gasteiger charge is -2.44. The maximum atomic E-state index is 15.3. The monoisotopic (exact) mass is 712 g/mol. The number of nitrogens with zero attached hydrogens (tertiary/aromatic N) is 2. The van der Waals surface area contributed by atoms with Crippen LogP contribution in [0.4, 0.5) is 0 Å². The van der Waals surface area contributed by atoms with Crippen molar-refractivity contribution < 1.29 is 44.9 Å². The number of carbonyl (C=O) groups is 1. The number of carbonyl (C=O) groups excluding carboxylic acids is 1. The van der Waals surface area contributed by atoms with Crippen molar-refractivity contribution in [3.8, 4) is 34.5 Å². The Bertz CT molecular complexity index is 1700. The van der Waals surface area contributed by atoms with Crippen molar-refractivity contribution in [3.63, 3.8) is 0 Å². The largest absolute Gasteiger partial charge is 0.508 e. The van der Waals surface area contributed by atoms with Crippen molar-refractivity contribution in [1.29, 1.82) is 0 Å². The Hall–Kier alpha value is -4.81. The average Bonchev–Trinajstić information content (AvgIpc) is 3.16. The Morgan fingerprint density at radius 1 is 0.596 bits per heavy atom. The van der Waals surface area contributed by atoms with E-state index >= 15 is 4.79 Å². The van der Waals surface area contributed by atoms with Crippen LogP contribution in [0.25, 0.3) is 0 Å². The first kappa shape index (κ1) is 37.0. The zero-order chi connectivity index (χ0) is 36.9. The second-order valence-corrected chi connectivity index (χ2v) is 13.8. The van der Waals surface area contributed by atoms with Gasteiger partial charge in [0.2, 0.25) is 0 Å². The van der Waals surface area contributed by atoms with E-state index in [1.54, 1.807) is 87.0 Å². The molecule has 0 aliphatic carbocycles. The number of hydrogen-bond acceptors (Lipinski definition) is 11. The summed E-state index contributed by atoms with van der Waals surface area (Å²) in [5, 5.41) is 65.2. The highest BCUT2D eigenvalue weighted by molar-refractivity contribution is 5.90. The van der Waals surface area contributed by atoms with Gasteiger partial charge >= 0.3 is 0 Å². The first-order valence-electron chi connectivity index (χ1n) is 17.8. The molecule has 11 nitrogen and oxygen atoms in total. The Morgan fingerprint density at radius 3 is 1.33 bits per heavy atom. The molecule has 0 bridgehead atoms. The third-order valence-electron chi connectivity index (χ3n) is 10.8. The molecule has 0 aromatic heterocycles. The van der Waals surface area contributed by atoms with Gasteiger partial charge in [0.05, 0.1) is 14.2 Å². The van der Waals surface area contributed by atoms with E-state index in [0.29, 0.717) is 74.5 Å². The number of likely N-dealkylation sites (tertiary alicyclic amines) is 2. The van der Waals surface area contributed by atoms with Gasteiger partial charge in [0.1, 0.15) is 58.8 Å². The summed E-state index contributed by atoms with van der Waals surface area (Å²) < 4.78 is 10.9. The minimum Gasteiger partial charge on any atom is -0.508 e. The minimum atomic E-state index is -1.26. The number of ketones is 1. The molecule has 11 heteroatoms. The number of methoxy groups -OCH3 is 2. The van der Waals surface area contributed by atoms with Gasteiger partial charge in [-0.1, -0.05) is 36.4 Å². The maximum Gasteiger partial charge on any atom is 0.173 e. The summed E-state index contributed by atoms with van der Waals surface area (Å²) in [5.74, 6) is 0.716. The van der Waals surface area contributed by atoms with Crippen LogP contribution in [0.3, 0.4) is 0 Å². The molecule has 0 saturated carbocycles. The molecular weight excluding hydrogens is 664 g/mol. The lowest BCUT2D eigenvalue weighted by atomic mass is 9.83. The second kappa shape index (κ2) is 16.2. The lowest BCUT2D eigenvalue weighted by Crippen LogP contribution is -2.58. The summed E-state index contributed by atoms with van der Waals surface area (Å²) in [6.45, 7) is 1.75. The minimum absolute atomic E-state index is 0.0182. The third-order valence-corrected chi connectivity index (χ3v) is 10.8. The molecule has 2 saturated heterocycles. The van der Waals surface area contributed by atoms with E-state index in [9.17, 15) is 30.6 Å². The van der Waals surface area contributed by atoms with Crippen molar-refractivity contribution in [2.75, 3.05) is 40.4 Å². The number of ether oxygens (including phenoxy) is 2. The third kappa shape index (κ3) is 7.98. The van der Waals surface area contributed by atoms with Gasteiger partial charge < -0.3 is 40.1 Å². The molecule has 276 valence electrons. The number of phenolic OH excluding ortho intramolecular Hbond substituents is 4. The number of benzene rings is 4. The molecule has 4 aromatic rings. The van der Waals surface area contributed by atoms with Crippen molar-refractivity contribution in [1.82, 2.24) is 9.80 Å². The average molecular weight is 713 g/mol. The molecule has 0 spiro atoms. The normalized spacial score (nSPS) is 18.7. The van der Waals surface area contributed by atoms with Gasteiger partial charge in [0.25, 0.3) is 0 Å². The predicted octanol–water partition coefficient (Wildman–Crippen LogP) is 5.36. The first-order chi connectivity index (χ1) is 25.1. The summed E-state index contributed by atoms with van der Waals surface area (Å²) in [6.07, 6.45) is -0.134. The van der Waals surface area contributed by atoms with Crippen LogP contribution in [0, 0.1) is 0 Å². The summed E-state index contributed by atoms with van der Waals surface area (Å²) in [4.78, 5) is 19.2. The van der Waals surface area contributed by atoms with E-state index in [1.807, 2.05) is 9.80 Å². The number of rotatable bonds is 12. The summed E-state index contributed by atoms with van der Waals surface area (Å²) in [7, 11) is 3.08. The van der Waals surface area contributed by atoms with Gasteiger partial charge in [-0.3, -0.25) is 14.6 Å². The van der Waals surface area contributed by atoms with Crippen molar-refractivity contribution >= 4 is 5.78 Å². The van der Waals surface area contributed by atoms with Crippen LogP contribution in [0.5, 0.6) is 34.5 Å². The highest BCUT2D eigenvalue weighted by atomic mass is 16.5. The van der Waals surface area contributed by atoms with Crippen LogP contribution in [0.2, 0.25) is 0 Å². The van der Waals surface area contributed by atoms with Crippen molar-refractivity contribution in [2.45, 2.75) is 61.8 Å². The molecular formula is C41H48N2O9. The van der Waals surface area contributed by atoms with Crippen LogP contribution >= 0.6 is 0 Å². The number of aliphatic hydroxyl groups is 2. The Labute approximate surface area is 303 Å². The number of phenols is 4. The molecule has 2 aliphatic heterocycles. The molecule has 2 fully saturated rings.